The van der Waals surface area contributed by atoms with Crippen molar-refractivity contribution < 1.29 is 4.42 Å². The SMILES string of the molecule is CC1(C)c2ccccc2N(c2cccc3c2[te]c2cc4c(=O)c5ccccc5oc4cc23)c2ccccc21. The van der Waals surface area contributed by atoms with Crippen LogP contribution in [0.4, 0.5) is 17.1 Å². The van der Waals surface area contributed by atoms with Crippen molar-refractivity contribution in [2.45, 2.75) is 19.3 Å². The van der Waals surface area contributed by atoms with E-state index in [2.05, 4.69) is 97.6 Å². The fraction of sp³-hybridized carbons (Fsp3) is 0.0882. The maximum absolute atomic E-state index is 13.4. The van der Waals surface area contributed by atoms with Gasteiger partial charge in [-0.3, -0.25) is 0 Å². The number of benzene rings is 5. The number of fused-ring (bicyclic) bond motifs is 7. The van der Waals surface area contributed by atoms with Crippen molar-refractivity contribution in [3.05, 3.63) is 124 Å². The summed E-state index contributed by atoms with van der Waals surface area (Å²) in [7, 11) is 0. The second-order valence-electron chi connectivity index (χ2n) is 10.5. The van der Waals surface area contributed by atoms with E-state index in [1.165, 1.54) is 45.8 Å². The number of hydrogen-bond donors (Lipinski definition) is 0. The first-order valence-corrected chi connectivity index (χ1v) is 15.2. The molecular formula is C34H23NO2Te. The average molecular weight is 605 g/mol. The number of hydrogen-bond acceptors (Lipinski definition) is 3. The van der Waals surface area contributed by atoms with E-state index in [4.69, 9.17) is 4.42 Å². The average Bonchev–Trinajstić information content (AvgIpc) is 3.31. The Kier molecular flexibility index (Phi) is 4.57. The van der Waals surface area contributed by atoms with Crippen LogP contribution < -0.4 is 10.3 Å². The van der Waals surface area contributed by atoms with Gasteiger partial charge in [0.25, 0.3) is 0 Å². The predicted octanol–water partition coefficient (Wildman–Crippen LogP) is 8.42. The molecule has 2 aromatic heterocycles. The first-order valence-electron chi connectivity index (χ1n) is 12.8. The van der Waals surface area contributed by atoms with E-state index >= 15 is 0 Å². The van der Waals surface area contributed by atoms with Gasteiger partial charge in [-0.1, -0.05) is 0 Å². The molecule has 0 saturated heterocycles. The molecule has 0 aliphatic carbocycles. The van der Waals surface area contributed by atoms with Crippen LogP contribution in [0.5, 0.6) is 0 Å². The Morgan fingerprint density at radius 2 is 1.26 bits per heavy atom. The molecule has 0 amide bonds. The first kappa shape index (κ1) is 22.2. The Hall–Kier alpha value is -3.84. The van der Waals surface area contributed by atoms with Crippen LogP contribution in [0.25, 0.3) is 39.5 Å². The number of rotatable bonds is 1. The summed E-state index contributed by atoms with van der Waals surface area (Å²) < 4.78 is 8.94. The third-order valence-electron chi connectivity index (χ3n) is 8.05. The topological polar surface area (TPSA) is 33.5 Å². The normalized spacial score (nSPS) is 14.3. The summed E-state index contributed by atoms with van der Waals surface area (Å²) in [5.41, 5.74) is 7.64. The Balaban J connectivity index is 1.45. The fourth-order valence-corrected chi connectivity index (χ4v) is 9.69. The molecule has 0 unspecified atom stereocenters. The molecule has 0 saturated carbocycles. The molecule has 0 fully saturated rings. The molecule has 1 aliphatic heterocycles. The number of nitrogens with zero attached hydrogens (tertiary/aromatic N) is 1. The van der Waals surface area contributed by atoms with Crippen molar-refractivity contribution >= 4 is 77.0 Å². The zero-order valence-electron chi connectivity index (χ0n) is 21.0. The summed E-state index contributed by atoms with van der Waals surface area (Å²) >= 11 is -0.737. The van der Waals surface area contributed by atoms with Crippen LogP contribution in [0.3, 0.4) is 0 Å². The molecule has 0 N–H and O–H groups in total. The Morgan fingerprint density at radius 3 is 2.03 bits per heavy atom. The van der Waals surface area contributed by atoms with Crippen LogP contribution >= 0.6 is 0 Å². The van der Waals surface area contributed by atoms with E-state index in [0.717, 1.165) is 0 Å². The first-order chi connectivity index (χ1) is 18.5. The quantitative estimate of drug-likeness (QED) is 0.139. The van der Waals surface area contributed by atoms with E-state index in [0.29, 0.717) is 21.9 Å². The molecule has 5 aromatic carbocycles. The van der Waals surface area contributed by atoms with Gasteiger partial charge in [0, 0.05) is 0 Å². The second kappa shape index (κ2) is 7.84. The van der Waals surface area contributed by atoms with Crippen molar-refractivity contribution in [2.75, 3.05) is 4.90 Å². The molecule has 4 heteroatoms. The van der Waals surface area contributed by atoms with Crippen molar-refractivity contribution in [3.8, 4) is 0 Å². The molecule has 182 valence electrons. The van der Waals surface area contributed by atoms with Gasteiger partial charge in [0.1, 0.15) is 0 Å². The van der Waals surface area contributed by atoms with E-state index in [9.17, 15) is 4.79 Å². The fourth-order valence-electron chi connectivity index (χ4n) is 6.18. The minimum absolute atomic E-state index is 0.0504. The van der Waals surface area contributed by atoms with Crippen LogP contribution in [0.1, 0.15) is 25.0 Å². The van der Waals surface area contributed by atoms with Gasteiger partial charge >= 0.3 is 230 Å². The standard InChI is InChI=1S/C34H23NO2Te/c1-34(2)24-12-4-6-14-26(24)35(27-15-7-5-13-25(27)34)28-16-9-11-20-22-18-30-23(19-31(22)38-33(20)28)32(36)21-10-3-8-17-29(21)37-30/h3-19H,1-2H3. The van der Waals surface area contributed by atoms with E-state index in [-0.39, 0.29) is 10.8 Å². The van der Waals surface area contributed by atoms with Crippen molar-refractivity contribution in [3.63, 3.8) is 0 Å². The zero-order valence-corrected chi connectivity index (χ0v) is 23.3. The van der Waals surface area contributed by atoms with Crippen LogP contribution in [0, 0.1) is 0 Å². The van der Waals surface area contributed by atoms with Crippen LogP contribution in [-0.4, -0.2) is 20.4 Å². The predicted molar refractivity (Wildman–Crippen MR) is 159 cm³/mol. The Bertz CT molecular complexity index is 2100. The van der Waals surface area contributed by atoms with Gasteiger partial charge in [0.15, 0.2) is 0 Å². The van der Waals surface area contributed by atoms with Gasteiger partial charge in [-0.25, -0.2) is 0 Å². The number of para-hydroxylation sites is 3. The number of anilines is 3. The van der Waals surface area contributed by atoms with Crippen LogP contribution in [-0.2, 0) is 5.41 Å². The Labute approximate surface area is 229 Å². The van der Waals surface area contributed by atoms with Gasteiger partial charge in [0.2, 0.25) is 0 Å². The zero-order chi connectivity index (χ0) is 25.6. The molecule has 3 nitrogen and oxygen atoms in total. The molecule has 0 radical (unpaired) electrons. The van der Waals surface area contributed by atoms with E-state index in [1.807, 2.05) is 24.3 Å². The maximum atomic E-state index is 13.4. The summed E-state index contributed by atoms with van der Waals surface area (Å²) in [4.78, 5) is 15.8. The molecule has 3 heterocycles. The molecule has 38 heavy (non-hydrogen) atoms. The summed E-state index contributed by atoms with van der Waals surface area (Å²) in [6.45, 7) is 4.64. The molecule has 7 aromatic rings. The molecule has 0 spiro atoms. The van der Waals surface area contributed by atoms with E-state index in [1.54, 1.807) is 0 Å². The van der Waals surface area contributed by atoms with Crippen LogP contribution in [0.2, 0.25) is 0 Å². The van der Waals surface area contributed by atoms with E-state index < -0.39 is 20.4 Å². The second-order valence-corrected chi connectivity index (χ2v) is 13.5. The van der Waals surface area contributed by atoms with Crippen LogP contribution in [0.15, 0.2) is 112 Å². The minimum atomic E-state index is -0.737. The summed E-state index contributed by atoms with van der Waals surface area (Å²) in [6, 6.07) is 36.0. The molecule has 8 rings (SSSR count). The van der Waals surface area contributed by atoms with Crippen molar-refractivity contribution in [2.24, 2.45) is 0 Å². The van der Waals surface area contributed by atoms with Gasteiger partial charge < -0.3 is 0 Å². The monoisotopic (exact) mass is 607 g/mol. The van der Waals surface area contributed by atoms with Crippen molar-refractivity contribution in [1.29, 1.82) is 0 Å². The Morgan fingerprint density at radius 1 is 0.632 bits per heavy atom. The summed E-state index contributed by atoms with van der Waals surface area (Å²) in [6.07, 6.45) is 0. The molecule has 0 atom stereocenters. The molecular weight excluding hydrogens is 582 g/mol. The van der Waals surface area contributed by atoms with Gasteiger partial charge in [-0.2, -0.15) is 0 Å². The van der Waals surface area contributed by atoms with Gasteiger partial charge in [-0.05, 0) is 0 Å². The molecule has 1 aliphatic rings. The molecule has 0 bridgehead atoms. The van der Waals surface area contributed by atoms with Gasteiger partial charge in [0.05, 0.1) is 0 Å². The summed E-state index contributed by atoms with van der Waals surface area (Å²) in [5.74, 6) is 0. The summed E-state index contributed by atoms with van der Waals surface area (Å²) in [5, 5.41) is 3.78. The third kappa shape index (κ3) is 2.93. The van der Waals surface area contributed by atoms with Crippen molar-refractivity contribution in [1.82, 2.24) is 0 Å². The van der Waals surface area contributed by atoms with Gasteiger partial charge in [-0.15, -0.1) is 0 Å². The third-order valence-corrected chi connectivity index (χ3v) is 11.5.